The number of nitrogens with zero attached hydrogens (tertiary/aromatic N) is 1. The topological polar surface area (TPSA) is 77.0 Å². The molecule has 1 aliphatic carbocycles. The first kappa shape index (κ1) is 16.8. The Labute approximate surface area is 148 Å². The SMILES string of the molecule is N#Cc1ccc(NC(=O)Nc2ccc(NCC3CCCC3)cc2)cc1. The highest BCUT2D eigenvalue weighted by Crippen LogP contribution is 2.25. The van der Waals surface area contributed by atoms with Crippen LogP contribution in [0.2, 0.25) is 0 Å². The molecule has 3 N–H and O–H groups in total. The maximum absolute atomic E-state index is 12.0. The predicted molar refractivity (Wildman–Crippen MR) is 101 cm³/mol. The van der Waals surface area contributed by atoms with Crippen LogP contribution in [0.5, 0.6) is 0 Å². The van der Waals surface area contributed by atoms with Gasteiger partial charge in [0.1, 0.15) is 0 Å². The summed E-state index contributed by atoms with van der Waals surface area (Å²) in [6.45, 7) is 1.02. The smallest absolute Gasteiger partial charge is 0.323 e. The van der Waals surface area contributed by atoms with Crippen LogP contribution in [0.3, 0.4) is 0 Å². The highest BCUT2D eigenvalue weighted by Gasteiger charge is 2.14. The summed E-state index contributed by atoms with van der Waals surface area (Å²) in [7, 11) is 0. The summed E-state index contributed by atoms with van der Waals surface area (Å²) in [5.41, 5.74) is 3.01. The molecule has 128 valence electrons. The third-order valence-electron chi connectivity index (χ3n) is 4.48. The fraction of sp³-hybridized carbons (Fsp3) is 0.300. The molecule has 3 rings (SSSR count). The number of hydrogen-bond donors (Lipinski definition) is 3. The first-order chi connectivity index (χ1) is 12.2. The molecule has 0 aromatic heterocycles. The lowest BCUT2D eigenvalue weighted by molar-refractivity contribution is 0.262. The van der Waals surface area contributed by atoms with Gasteiger partial charge in [-0.3, -0.25) is 0 Å². The standard InChI is InChI=1S/C20H22N4O/c21-13-15-5-7-18(8-6-15)23-20(25)24-19-11-9-17(10-12-19)22-14-16-3-1-2-4-16/h5-12,16,22H,1-4,14H2,(H2,23,24,25). The van der Waals surface area contributed by atoms with E-state index in [1.165, 1.54) is 25.7 Å². The Morgan fingerprint density at radius 1 is 0.920 bits per heavy atom. The van der Waals surface area contributed by atoms with E-state index in [0.29, 0.717) is 11.3 Å². The molecule has 5 nitrogen and oxygen atoms in total. The number of carbonyl (C=O) groups is 1. The third-order valence-corrected chi connectivity index (χ3v) is 4.48. The van der Waals surface area contributed by atoms with Crippen molar-refractivity contribution in [1.82, 2.24) is 0 Å². The second-order valence-corrected chi connectivity index (χ2v) is 6.38. The lowest BCUT2D eigenvalue weighted by Crippen LogP contribution is -2.19. The zero-order valence-corrected chi connectivity index (χ0v) is 14.1. The van der Waals surface area contributed by atoms with E-state index in [2.05, 4.69) is 16.0 Å². The van der Waals surface area contributed by atoms with Crippen molar-refractivity contribution >= 4 is 23.1 Å². The van der Waals surface area contributed by atoms with Gasteiger partial charge in [-0.05, 0) is 67.3 Å². The van der Waals surface area contributed by atoms with E-state index in [9.17, 15) is 4.79 Å². The summed E-state index contributed by atoms with van der Waals surface area (Å²) in [6.07, 6.45) is 5.34. The molecule has 2 aromatic carbocycles. The van der Waals surface area contributed by atoms with Crippen LogP contribution in [0.4, 0.5) is 21.9 Å². The minimum Gasteiger partial charge on any atom is -0.385 e. The fourth-order valence-electron chi connectivity index (χ4n) is 3.07. The Balaban J connectivity index is 1.48. The van der Waals surface area contributed by atoms with E-state index in [4.69, 9.17) is 5.26 Å². The largest absolute Gasteiger partial charge is 0.385 e. The van der Waals surface area contributed by atoms with Crippen molar-refractivity contribution in [3.63, 3.8) is 0 Å². The van der Waals surface area contributed by atoms with Crippen molar-refractivity contribution in [2.24, 2.45) is 5.92 Å². The summed E-state index contributed by atoms with van der Waals surface area (Å²) in [5, 5.41) is 17.8. The lowest BCUT2D eigenvalue weighted by Gasteiger charge is -2.12. The Morgan fingerprint density at radius 3 is 2.00 bits per heavy atom. The molecule has 1 aliphatic rings. The van der Waals surface area contributed by atoms with Crippen LogP contribution in [0.25, 0.3) is 0 Å². The number of nitriles is 1. The molecule has 2 aromatic rings. The second kappa shape index (κ2) is 8.20. The summed E-state index contributed by atoms with van der Waals surface area (Å²) in [5.74, 6) is 0.788. The molecule has 0 heterocycles. The van der Waals surface area contributed by atoms with Gasteiger partial charge in [-0.2, -0.15) is 5.26 Å². The fourth-order valence-corrected chi connectivity index (χ4v) is 3.07. The molecule has 25 heavy (non-hydrogen) atoms. The van der Waals surface area contributed by atoms with Crippen LogP contribution >= 0.6 is 0 Å². The lowest BCUT2D eigenvalue weighted by atomic mass is 10.1. The van der Waals surface area contributed by atoms with Crippen molar-refractivity contribution in [3.8, 4) is 6.07 Å². The second-order valence-electron chi connectivity index (χ2n) is 6.38. The van der Waals surface area contributed by atoms with Crippen LogP contribution in [0.1, 0.15) is 31.2 Å². The van der Waals surface area contributed by atoms with Gasteiger partial charge in [0.2, 0.25) is 0 Å². The van der Waals surface area contributed by atoms with E-state index in [1.807, 2.05) is 30.3 Å². The van der Waals surface area contributed by atoms with Gasteiger partial charge in [0, 0.05) is 23.6 Å². The van der Waals surface area contributed by atoms with Gasteiger partial charge in [-0.15, -0.1) is 0 Å². The average Bonchev–Trinajstić information content (AvgIpc) is 3.15. The molecular formula is C20H22N4O. The molecule has 0 bridgehead atoms. The van der Waals surface area contributed by atoms with Gasteiger partial charge in [-0.25, -0.2) is 4.79 Å². The average molecular weight is 334 g/mol. The molecule has 0 saturated heterocycles. The maximum atomic E-state index is 12.0. The van der Waals surface area contributed by atoms with Gasteiger partial charge in [-0.1, -0.05) is 12.8 Å². The van der Waals surface area contributed by atoms with Gasteiger partial charge in [0.25, 0.3) is 0 Å². The van der Waals surface area contributed by atoms with Crippen LogP contribution in [-0.4, -0.2) is 12.6 Å². The first-order valence-electron chi connectivity index (χ1n) is 8.65. The number of rotatable bonds is 5. The predicted octanol–water partition coefficient (Wildman–Crippen LogP) is 4.80. The minimum atomic E-state index is -0.309. The highest BCUT2D eigenvalue weighted by atomic mass is 16.2. The van der Waals surface area contributed by atoms with Gasteiger partial charge in [0.15, 0.2) is 0 Å². The number of nitrogens with one attached hydrogen (secondary N) is 3. The van der Waals surface area contributed by atoms with Crippen molar-refractivity contribution in [2.45, 2.75) is 25.7 Å². The van der Waals surface area contributed by atoms with Gasteiger partial charge in [0.05, 0.1) is 11.6 Å². The van der Waals surface area contributed by atoms with Crippen molar-refractivity contribution in [3.05, 3.63) is 54.1 Å². The summed E-state index contributed by atoms with van der Waals surface area (Å²) >= 11 is 0. The van der Waals surface area contributed by atoms with Crippen LogP contribution in [0, 0.1) is 17.2 Å². The molecule has 0 aliphatic heterocycles. The van der Waals surface area contributed by atoms with Gasteiger partial charge < -0.3 is 16.0 Å². The highest BCUT2D eigenvalue weighted by molar-refractivity contribution is 5.99. The zero-order chi connectivity index (χ0) is 17.5. The molecule has 5 heteroatoms. The maximum Gasteiger partial charge on any atom is 0.323 e. The normalized spacial score (nSPS) is 13.9. The van der Waals surface area contributed by atoms with E-state index in [-0.39, 0.29) is 6.03 Å². The monoisotopic (exact) mass is 334 g/mol. The molecule has 0 atom stereocenters. The molecule has 1 saturated carbocycles. The Kier molecular flexibility index (Phi) is 5.53. The first-order valence-corrected chi connectivity index (χ1v) is 8.65. The Hall–Kier alpha value is -3.00. The molecular weight excluding hydrogens is 312 g/mol. The Morgan fingerprint density at radius 2 is 1.44 bits per heavy atom. The Bertz CT molecular complexity index is 741. The third kappa shape index (κ3) is 4.98. The summed E-state index contributed by atoms with van der Waals surface area (Å²) < 4.78 is 0. The van der Waals surface area contributed by atoms with Crippen LogP contribution in [-0.2, 0) is 0 Å². The molecule has 1 fully saturated rings. The molecule has 0 radical (unpaired) electrons. The number of hydrogen-bond acceptors (Lipinski definition) is 3. The number of benzene rings is 2. The van der Waals surface area contributed by atoms with Gasteiger partial charge >= 0.3 is 6.03 Å². The van der Waals surface area contributed by atoms with Crippen LogP contribution < -0.4 is 16.0 Å². The van der Waals surface area contributed by atoms with Crippen molar-refractivity contribution < 1.29 is 4.79 Å². The quantitative estimate of drug-likeness (QED) is 0.734. The number of urea groups is 1. The van der Waals surface area contributed by atoms with E-state index in [0.717, 1.165) is 23.8 Å². The number of amides is 2. The molecule has 2 amide bonds. The molecule has 0 unspecified atom stereocenters. The zero-order valence-electron chi connectivity index (χ0n) is 14.1. The summed E-state index contributed by atoms with van der Waals surface area (Å²) in [6, 6.07) is 16.2. The van der Waals surface area contributed by atoms with E-state index < -0.39 is 0 Å². The minimum absolute atomic E-state index is 0.309. The number of anilines is 3. The van der Waals surface area contributed by atoms with E-state index in [1.54, 1.807) is 24.3 Å². The molecule has 0 spiro atoms. The summed E-state index contributed by atoms with van der Waals surface area (Å²) in [4.78, 5) is 12.0. The van der Waals surface area contributed by atoms with Crippen LogP contribution in [0.15, 0.2) is 48.5 Å². The number of carbonyl (C=O) groups excluding carboxylic acids is 1. The van der Waals surface area contributed by atoms with E-state index >= 15 is 0 Å². The van der Waals surface area contributed by atoms with Crippen molar-refractivity contribution in [1.29, 1.82) is 5.26 Å². The van der Waals surface area contributed by atoms with Crippen molar-refractivity contribution in [2.75, 3.05) is 22.5 Å².